The lowest BCUT2D eigenvalue weighted by molar-refractivity contribution is 0.283. The number of unbranched alkanes of at least 4 members (excludes halogenated alkanes) is 1. The molecular weight excluding hydrogens is 198 g/mol. The molecule has 0 atom stereocenters. The quantitative estimate of drug-likeness (QED) is 0.612. The van der Waals surface area contributed by atoms with E-state index in [1.54, 1.807) is 0 Å². The molecule has 0 aliphatic heterocycles. The van der Waals surface area contributed by atoms with Gasteiger partial charge in [-0.2, -0.15) is 0 Å². The Morgan fingerprint density at radius 3 is 2.94 bits per heavy atom. The van der Waals surface area contributed by atoms with E-state index in [2.05, 4.69) is 28.8 Å². The van der Waals surface area contributed by atoms with Gasteiger partial charge in [-0.1, -0.05) is 18.2 Å². The number of nitrogens with zero attached hydrogens (tertiary/aromatic N) is 1. The summed E-state index contributed by atoms with van der Waals surface area (Å²) in [6.07, 6.45) is 9.06. The van der Waals surface area contributed by atoms with Crippen molar-refractivity contribution in [3.63, 3.8) is 0 Å². The summed E-state index contributed by atoms with van der Waals surface area (Å²) in [5.74, 6) is 2.64. The van der Waals surface area contributed by atoms with Crippen molar-refractivity contribution < 1.29 is 5.11 Å². The second-order valence-electron chi connectivity index (χ2n) is 3.83. The maximum absolute atomic E-state index is 9.30. The Bertz CT molecular complexity index is 519. The molecule has 0 amide bonds. The van der Waals surface area contributed by atoms with Gasteiger partial charge in [0.25, 0.3) is 0 Å². The molecule has 0 radical (unpaired) electrons. The lowest BCUT2D eigenvalue weighted by Crippen LogP contribution is -1.98. The van der Waals surface area contributed by atoms with Crippen LogP contribution in [0.25, 0.3) is 10.9 Å². The third-order valence-electron chi connectivity index (χ3n) is 2.76. The maximum Gasteiger partial charge on any atom is 0.0702 e. The first-order valence-electron chi connectivity index (χ1n) is 5.48. The molecule has 1 aromatic carbocycles. The average molecular weight is 213 g/mol. The minimum Gasteiger partial charge on any atom is -0.392 e. The second-order valence-corrected chi connectivity index (χ2v) is 3.83. The van der Waals surface area contributed by atoms with Crippen LogP contribution in [0.15, 0.2) is 30.5 Å². The minimum absolute atomic E-state index is 0.0799. The molecule has 2 nitrogen and oxygen atoms in total. The van der Waals surface area contributed by atoms with E-state index < -0.39 is 0 Å². The van der Waals surface area contributed by atoms with Crippen LogP contribution in [-0.4, -0.2) is 9.67 Å². The van der Waals surface area contributed by atoms with Crippen LogP contribution in [0.1, 0.15) is 18.4 Å². The number of fused-ring (bicyclic) bond motifs is 1. The van der Waals surface area contributed by atoms with Crippen molar-refractivity contribution in [2.24, 2.45) is 0 Å². The molecule has 0 saturated heterocycles. The molecule has 0 aliphatic rings. The Kier molecular flexibility index (Phi) is 3.28. The predicted octanol–water partition coefficient (Wildman–Crippen LogP) is 2.55. The molecule has 0 saturated carbocycles. The van der Waals surface area contributed by atoms with Gasteiger partial charge in [0, 0.05) is 24.7 Å². The second kappa shape index (κ2) is 4.87. The van der Waals surface area contributed by atoms with E-state index in [-0.39, 0.29) is 6.61 Å². The number of rotatable bonds is 4. The van der Waals surface area contributed by atoms with Gasteiger partial charge in [-0.25, -0.2) is 0 Å². The van der Waals surface area contributed by atoms with Gasteiger partial charge in [-0.3, -0.25) is 0 Å². The zero-order valence-corrected chi connectivity index (χ0v) is 9.19. The number of hydrogen-bond donors (Lipinski definition) is 1. The van der Waals surface area contributed by atoms with E-state index in [4.69, 9.17) is 6.42 Å². The molecule has 82 valence electrons. The van der Waals surface area contributed by atoms with Gasteiger partial charge in [-0.05, 0) is 17.9 Å². The number of aliphatic hydroxyl groups excluding tert-OH is 1. The van der Waals surface area contributed by atoms with Gasteiger partial charge in [0.15, 0.2) is 0 Å². The number of hydrogen-bond acceptors (Lipinski definition) is 1. The molecule has 0 bridgehead atoms. The van der Waals surface area contributed by atoms with Gasteiger partial charge in [-0.15, -0.1) is 12.3 Å². The van der Waals surface area contributed by atoms with Crippen LogP contribution in [0.3, 0.4) is 0 Å². The fourth-order valence-electron chi connectivity index (χ4n) is 2.01. The Balaban J connectivity index is 2.35. The van der Waals surface area contributed by atoms with Crippen LogP contribution < -0.4 is 0 Å². The van der Waals surface area contributed by atoms with Crippen LogP contribution in [0, 0.1) is 12.3 Å². The lowest BCUT2D eigenvalue weighted by atomic mass is 10.1. The number of benzene rings is 1. The predicted molar refractivity (Wildman–Crippen MR) is 65.9 cm³/mol. The van der Waals surface area contributed by atoms with Crippen molar-refractivity contribution in [3.05, 3.63) is 36.0 Å². The fourth-order valence-corrected chi connectivity index (χ4v) is 2.01. The van der Waals surface area contributed by atoms with Crippen LogP contribution in [0.4, 0.5) is 0 Å². The third kappa shape index (κ3) is 1.95. The highest BCUT2D eigenvalue weighted by Crippen LogP contribution is 2.20. The first-order valence-corrected chi connectivity index (χ1v) is 5.48. The summed E-state index contributed by atoms with van der Waals surface area (Å²) >= 11 is 0. The molecule has 1 N–H and O–H groups in total. The Labute approximate surface area is 95.5 Å². The smallest absolute Gasteiger partial charge is 0.0702 e. The van der Waals surface area contributed by atoms with Crippen molar-refractivity contribution in [1.29, 1.82) is 0 Å². The summed E-state index contributed by atoms with van der Waals surface area (Å²) in [6.45, 7) is 0.987. The molecule has 2 rings (SSSR count). The summed E-state index contributed by atoms with van der Waals surface area (Å²) in [6, 6.07) is 8.07. The van der Waals surface area contributed by atoms with Crippen molar-refractivity contribution in [2.45, 2.75) is 26.0 Å². The Hall–Kier alpha value is -1.72. The Morgan fingerprint density at radius 1 is 1.31 bits per heavy atom. The Morgan fingerprint density at radius 2 is 2.19 bits per heavy atom. The molecule has 1 heterocycles. The van der Waals surface area contributed by atoms with Gasteiger partial charge < -0.3 is 9.67 Å². The van der Waals surface area contributed by atoms with Gasteiger partial charge in [0.2, 0.25) is 0 Å². The normalized spacial score (nSPS) is 10.5. The molecule has 0 aliphatic carbocycles. The van der Waals surface area contributed by atoms with Gasteiger partial charge >= 0.3 is 0 Å². The molecule has 2 aromatic rings. The summed E-state index contributed by atoms with van der Waals surface area (Å²) in [4.78, 5) is 0. The average Bonchev–Trinajstić information content (AvgIpc) is 2.73. The van der Waals surface area contributed by atoms with E-state index in [9.17, 15) is 5.11 Å². The molecule has 0 fully saturated rings. The molecule has 0 spiro atoms. The molecule has 1 aromatic heterocycles. The first kappa shape index (κ1) is 10.8. The number of aliphatic hydroxyl groups is 1. The summed E-state index contributed by atoms with van der Waals surface area (Å²) in [5, 5.41) is 10.5. The fraction of sp³-hybridized carbons (Fsp3) is 0.286. The highest BCUT2D eigenvalue weighted by molar-refractivity contribution is 5.83. The third-order valence-corrected chi connectivity index (χ3v) is 2.76. The number of aryl methyl sites for hydroxylation is 1. The standard InChI is InChI=1S/C14H15NO/c1-2-3-4-9-15-10-8-12-6-5-7-13(11-16)14(12)15/h1,5-8,10,16H,3-4,9,11H2. The van der Waals surface area contributed by atoms with E-state index >= 15 is 0 Å². The largest absolute Gasteiger partial charge is 0.392 e. The van der Waals surface area contributed by atoms with Crippen molar-refractivity contribution >= 4 is 10.9 Å². The molecular formula is C14H15NO. The van der Waals surface area contributed by atoms with Crippen molar-refractivity contribution in [2.75, 3.05) is 0 Å². The molecule has 16 heavy (non-hydrogen) atoms. The molecule has 0 unspecified atom stereocenters. The van der Waals surface area contributed by atoms with E-state index in [1.165, 1.54) is 5.39 Å². The molecule has 2 heteroatoms. The van der Waals surface area contributed by atoms with E-state index in [1.807, 2.05) is 12.1 Å². The SMILES string of the molecule is C#CCCCn1ccc2cccc(CO)c21. The van der Waals surface area contributed by atoms with E-state index in [0.717, 1.165) is 30.5 Å². The monoisotopic (exact) mass is 213 g/mol. The number of aromatic nitrogens is 1. The first-order chi connectivity index (χ1) is 7.86. The summed E-state index contributed by atoms with van der Waals surface area (Å²) in [5.41, 5.74) is 2.10. The zero-order valence-electron chi connectivity index (χ0n) is 9.19. The highest BCUT2D eigenvalue weighted by atomic mass is 16.3. The lowest BCUT2D eigenvalue weighted by Gasteiger charge is -2.07. The highest BCUT2D eigenvalue weighted by Gasteiger charge is 2.04. The van der Waals surface area contributed by atoms with Crippen LogP contribution in [0.2, 0.25) is 0 Å². The van der Waals surface area contributed by atoms with Crippen LogP contribution in [-0.2, 0) is 13.2 Å². The number of terminal acetylenes is 1. The van der Waals surface area contributed by atoms with Crippen LogP contribution >= 0.6 is 0 Å². The van der Waals surface area contributed by atoms with E-state index in [0.29, 0.717) is 0 Å². The van der Waals surface area contributed by atoms with Gasteiger partial charge in [0.1, 0.15) is 0 Å². The number of para-hydroxylation sites is 1. The zero-order chi connectivity index (χ0) is 11.4. The van der Waals surface area contributed by atoms with Gasteiger partial charge in [0.05, 0.1) is 12.1 Å². The van der Waals surface area contributed by atoms with Crippen LogP contribution in [0.5, 0.6) is 0 Å². The van der Waals surface area contributed by atoms with Crippen molar-refractivity contribution in [1.82, 2.24) is 4.57 Å². The summed E-state index contributed by atoms with van der Waals surface area (Å²) in [7, 11) is 0. The maximum atomic E-state index is 9.30. The van der Waals surface area contributed by atoms with Crippen molar-refractivity contribution in [3.8, 4) is 12.3 Å². The summed E-state index contributed by atoms with van der Waals surface area (Å²) < 4.78 is 2.16. The minimum atomic E-state index is 0.0799. The topological polar surface area (TPSA) is 25.2 Å².